The molecule has 1 aromatic carbocycles. The van der Waals surface area contributed by atoms with Crippen molar-refractivity contribution in [1.82, 2.24) is 10.0 Å². The van der Waals surface area contributed by atoms with E-state index in [1.165, 1.54) is 0 Å². The number of hydrogen-bond donors (Lipinski definition) is 2. The maximum absolute atomic E-state index is 12.0. The van der Waals surface area contributed by atoms with Crippen molar-refractivity contribution in [2.24, 2.45) is 0 Å². The lowest BCUT2D eigenvalue weighted by molar-refractivity contribution is 0.575. The van der Waals surface area contributed by atoms with Crippen LogP contribution in [0.5, 0.6) is 0 Å². The average Bonchev–Trinajstić information content (AvgIpc) is 2.32. The number of benzene rings is 1. The van der Waals surface area contributed by atoms with Crippen molar-refractivity contribution in [3.63, 3.8) is 0 Å². The Bertz CT molecular complexity index is 493. The molecule has 0 aliphatic heterocycles. The summed E-state index contributed by atoms with van der Waals surface area (Å²) in [5.41, 5.74) is 0.577. The second-order valence-corrected chi connectivity index (χ2v) is 6.15. The molecule has 1 aromatic rings. The molecular formula is C12H20Cl2N2O2S. The normalized spacial score (nSPS) is 11.1. The predicted octanol–water partition coefficient (Wildman–Crippen LogP) is 2.35. The molecule has 4 nitrogen and oxygen atoms in total. The van der Waals surface area contributed by atoms with E-state index in [1.807, 2.05) is 0 Å². The molecule has 0 aromatic heterocycles. The Kier molecular flexibility index (Phi) is 8.61. The summed E-state index contributed by atoms with van der Waals surface area (Å²) < 4.78 is 26.6. The standard InChI is InChI=1S/C12H19ClN2O2S.ClH/c1-3-7-14-8-9-15-18(16,17)12-6-4-5-11(13)10(12)2;/h4-6,14-15H,3,7-9H2,1-2H3;1H. The van der Waals surface area contributed by atoms with Gasteiger partial charge in [0.25, 0.3) is 0 Å². The topological polar surface area (TPSA) is 58.2 Å². The van der Waals surface area contributed by atoms with E-state index in [9.17, 15) is 8.42 Å². The third kappa shape index (κ3) is 5.67. The molecule has 0 heterocycles. The van der Waals surface area contributed by atoms with E-state index in [0.29, 0.717) is 23.7 Å². The van der Waals surface area contributed by atoms with Gasteiger partial charge in [-0.1, -0.05) is 24.6 Å². The second kappa shape index (κ2) is 8.76. The number of rotatable bonds is 7. The predicted molar refractivity (Wildman–Crippen MR) is 81.8 cm³/mol. The third-order valence-corrected chi connectivity index (χ3v) is 4.54. The summed E-state index contributed by atoms with van der Waals surface area (Å²) in [6.07, 6.45) is 1.03. The molecule has 0 radical (unpaired) electrons. The van der Waals surface area contributed by atoms with Gasteiger partial charge in [0.05, 0.1) is 4.90 Å². The van der Waals surface area contributed by atoms with Crippen LogP contribution in [0.25, 0.3) is 0 Å². The van der Waals surface area contributed by atoms with Gasteiger partial charge in [0.15, 0.2) is 0 Å². The Morgan fingerprint density at radius 2 is 1.89 bits per heavy atom. The second-order valence-electron chi connectivity index (χ2n) is 4.01. The van der Waals surface area contributed by atoms with Crippen LogP contribution in [0.3, 0.4) is 0 Å². The van der Waals surface area contributed by atoms with Gasteiger partial charge in [0.2, 0.25) is 10.0 Å². The Morgan fingerprint density at radius 3 is 2.53 bits per heavy atom. The first kappa shape index (κ1) is 18.7. The van der Waals surface area contributed by atoms with E-state index in [0.717, 1.165) is 13.0 Å². The molecule has 0 unspecified atom stereocenters. The molecule has 1 rings (SSSR count). The van der Waals surface area contributed by atoms with Crippen LogP contribution < -0.4 is 10.0 Å². The largest absolute Gasteiger partial charge is 0.315 e. The molecule has 0 aliphatic carbocycles. The Balaban J connectivity index is 0.00000324. The fourth-order valence-electron chi connectivity index (χ4n) is 1.53. The van der Waals surface area contributed by atoms with E-state index in [-0.39, 0.29) is 17.3 Å². The lowest BCUT2D eigenvalue weighted by Crippen LogP contribution is -2.32. The van der Waals surface area contributed by atoms with Gasteiger partial charge in [0.1, 0.15) is 0 Å². The molecule has 0 fully saturated rings. The smallest absolute Gasteiger partial charge is 0.240 e. The van der Waals surface area contributed by atoms with Gasteiger partial charge in [-0.15, -0.1) is 12.4 Å². The Morgan fingerprint density at radius 1 is 1.21 bits per heavy atom. The fraction of sp³-hybridized carbons (Fsp3) is 0.500. The summed E-state index contributed by atoms with van der Waals surface area (Å²) in [6.45, 7) is 5.64. The molecule has 0 atom stereocenters. The van der Waals surface area contributed by atoms with Crippen molar-refractivity contribution in [2.45, 2.75) is 25.2 Å². The summed E-state index contributed by atoms with van der Waals surface area (Å²) in [5.74, 6) is 0. The molecule has 0 bridgehead atoms. The van der Waals surface area contributed by atoms with Gasteiger partial charge in [0, 0.05) is 18.1 Å². The molecule has 2 N–H and O–H groups in total. The maximum Gasteiger partial charge on any atom is 0.240 e. The highest BCUT2D eigenvalue weighted by Crippen LogP contribution is 2.22. The highest BCUT2D eigenvalue weighted by molar-refractivity contribution is 7.89. The average molecular weight is 327 g/mol. The lowest BCUT2D eigenvalue weighted by atomic mass is 10.2. The molecular weight excluding hydrogens is 307 g/mol. The molecule has 19 heavy (non-hydrogen) atoms. The van der Waals surface area contributed by atoms with Crippen molar-refractivity contribution in [3.8, 4) is 0 Å². The van der Waals surface area contributed by atoms with E-state index >= 15 is 0 Å². The monoisotopic (exact) mass is 326 g/mol. The maximum atomic E-state index is 12.0. The molecule has 110 valence electrons. The van der Waals surface area contributed by atoms with Crippen LogP contribution in [0, 0.1) is 6.92 Å². The summed E-state index contributed by atoms with van der Waals surface area (Å²) in [6, 6.07) is 4.88. The van der Waals surface area contributed by atoms with Crippen LogP contribution >= 0.6 is 24.0 Å². The molecule has 0 spiro atoms. The van der Waals surface area contributed by atoms with Gasteiger partial charge in [-0.25, -0.2) is 13.1 Å². The first-order valence-corrected chi connectivity index (χ1v) is 7.80. The van der Waals surface area contributed by atoms with Gasteiger partial charge in [-0.05, 0) is 37.6 Å². The number of nitrogens with one attached hydrogen (secondary N) is 2. The fourth-order valence-corrected chi connectivity index (χ4v) is 3.06. The summed E-state index contributed by atoms with van der Waals surface area (Å²) >= 11 is 5.92. The number of sulfonamides is 1. The number of hydrogen-bond acceptors (Lipinski definition) is 3. The molecule has 0 saturated carbocycles. The quantitative estimate of drug-likeness (QED) is 0.756. The minimum absolute atomic E-state index is 0. The summed E-state index contributed by atoms with van der Waals surface area (Å²) in [7, 11) is -3.48. The van der Waals surface area contributed by atoms with Crippen LogP contribution in [0.4, 0.5) is 0 Å². The highest BCUT2D eigenvalue weighted by atomic mass is 35.5. The zero-order chi connectivity index (χ0) is 13.6. The zero-order valence-corrected chi connectivity index (χ0v) is 13.5. The van der Waals surface area contributed by atoms with Crippen molar-refractivity contribution >= 4 is 34.0 Å². The van der Waals surface area contributed by atoms with Crippen molar-refractivity contribution < 1.29 is 8.42 Å². The first-order valence-electron chi connectivity index (χ1n) is 5.94. The molecule has 0 saturated heterocycles. The van der Waals surface area contributed by atoms with E-state index in [4.69, 9.17) is 11.6 Å². The highest BCUT2D eigenvalue weighted by Gasteiger charge is 2.17. The minimum Gasteiger partial charge on any atom is -0.315 e. The third-order valence-electron chi connectivity index (χ3n) is 2.53. The van der Waals surface area contributed by atoms with Crippen molar-refractivity contribution in [2.75, 3.05) is 19.6 Å². The molecule has 0 amide bonds. The van der Waals surface area contributed by atoms with E-state index < -0.39 is 10.0 Å². The summed E-state index contributed by atoms with van der Waals surface area (Å²) in [4.78, 5) is 0.241. The zero-order valence-electron chi connectivity index (χ0n) is 11.1. The lowest BCUT2D eigenvalue weighted by Gasteiger charge is -2.10. The van der Waals surface area contributed by atoms with Crippen molar-refractivity contribution in [1.29, 1.82) is 0 Å². The van der Waals surface area contributed by atoms with Crippen LogP contribution in [-0.4, -0.2) is 28.1 Å². The summed E-state index contributed by atoms with van der Waals surface area (Å²) in [5, 5.41) is 3.59. The minimum atomic E-state index is -3.48. The van der Waals surface area contributed by atoms with Crippen LogP contribution in [0.2, 0.25) is 5.02 Å². The molecule has 0 aliphatic rings. The molecule has 7 heteroatoms. The Labute approximate surface area is 126 Å². The van der Waals surface area contributed by atoms with Gasteiger partial charge >= 0.3 is 0 Å². The van der Waals surface area contributed by atoms with Gasteiger partial charge in [-0.2, -0.15) is 0 Å². The van der Waals surface area contributed by atoms with Gasteiger partial charge < -0.3 is 5.32 Å². The van der Waals surface area contributed by atoms with Crippen molar-refractivity contribution in [3.05, 3.63) is 28.8 Å². The van der Waals surface area contributed by atoms with E-state index in [2.05, 4.69) is 17.0 Å². The van der Waals surface area contributed by atoms with E-state index in [1.54, 1.807) is 25.1 Å². The van der Waals surface area contributed by atoms with Gasteiger partial charge in [-0.3, -0.25) is 0 Å². The first-order chi connectivity index (χ1) is 8.49. The SMILES string of the molecule is CCCNCCNS(=O)(=O)c1cccc(Cl)c1C.Cl. The number of halogens is 2. The Hall–Kier alpha value is -0.330. The van der Waals surface area contributed by atoms with Crippen LogP contribution in [0.1, 0.15) is 18.9 Å². The van der Waals surface area contributed by atoms with Crippen LogP contribution in [0.15, 0.2) is 23.1 Å². The van der Waals surface area contributed by atoms with Crippen LogP contribution in [-0.2, 0) is 10.0 Å².